The molecule has 6 N–H and O–H groups in total. The van der Waals surface area contributed by atoms with Gasteiger partial charge < -0.3 is 27.0 Å². The van der Waals surface area contributed by atoms with Crippen LogP contribution in [0.5, 0.6) is 0 Å². The van der Waals surface area contributed by atoms with Crippen molar-refractivity contribution in [3.05, 3.63) is 76.5 Å². The first-order chi connectivity index (χ1) is 24.5. The number of nitrogens with one attached hydrogen (secondary N) is 2. The van der Waals surface area contributed by atoms with Crippen molar-refractivity contribution in [1.29, 1.82) is 0 Å². The van der Waals surface area contributed by atoms with E-state index in [4.69, 9.17) is 21.4 Å². The van der Waals surface area contributed by atoms with Gasteiger partial charge in [-0.15, -0.1) is 0 Å². The summed E-state index contributed by atoms with van der Waals surface area (Å²) in [6.07, 6.45) is 11.9. The lowest BCUT2D eigenvalue weighted by Crippen LogP contribution is -2.53. The Balaban J connectivity index is 0.986. The van der Waals surface area contributed by atoms with Crippen molar-refractivity contribution in [3.63, 3.8) is 0 Å². The molecule has 6 rings (SSSR count). The fourth-order valence-corrected chi connectivity index (χ4v) is 7.80. The van der Waals surface area contributed by atoms with E-state index < -0.39 is 0 Å². The first kappa shape index (κ1) is 37.2. The summed E-state index contributed by atoms with van der Waals surface area (Å²) in [4.78, 5) is 12.6. The minimum Gasteiger partial charge on any atom is -0.398 e. The maximum absolute atomic E-state index is 6.37. The Labute approximate surface area is 311 Å². The molecule has 0 fully saturated rings. The molecule has 8 heteroatoms. The van der Waals surface area contributed by atoms with Gasteiger partial charge in [0.25, 0.3) is 0 Å². The van der Waals surface area contributed by atoms with Crippen LogP contribution in [0.15, 0.2) is 64.8 Å². The minimum atomic E-state index is -0.130. The van der Waals surface area contributed by atoms with Crippen LogP contribution >= 0.6 is 0 Å². The summed E-state index contributed by atoms with van der Waals surface area (Å²) in [7, 11) is 0. The highest BCUT2D eigenvalue weighted by molar-refractivity contribution is 6.09. The number of nitrogen functional groups attached to an aromatic ring is 2. The Morgan fingerprint density at radius 3 is 1.94 bits per heavy atom. The van der Waals surface area contributed by atoms with E-state index in [9.17, 15) is 0 Å². The molecule has 1 atom stereocenters. The molecule has 2 heterocycles. The first-order valence-electron chi connectivity index (χ1n) is 19.3. The Morgan fingerprint density at radius 2 is 1.29 bits per heavy atom. The van der Waals surface area contributed by atoms with E-state index in [0.29, 0.717) is 0 Å². The van der Waals surface area contributed by atoms with E-state index in [-0.39, 0.29) is 17.1 Å². The third-order valence-electron chi connectivity index (χ3n) is 10.6. The lowest BCUT2D eigenvalue weighted by atomic mass is 9.90. The number of anilines is 4. The monoisotopic (exact) mass is 702 g/mol. The van der Waals surface area contributed by atoms with Crippen molar-refractivity contribution in [1.82, 2.24) is 10.3 Å². The number of nitrogens with zero attached hydrogens (tertiary/aromatic N) is 4. The number of rotatable bonds is 11. The second-order valence-corrected chi connectivity index (χ2v) is 17.1. The van der Waals surface area contributed by atoms with Crippen LogP contribution in [0.3, 0.4) is 0 Å². The van der Waals surface area contributed by atoms with E-state index in [1.807, 2.05) is 6.92 Å². The maximum atomic E-state index is 6.37. The van der Waals surface area contributed by atoms with E-state index in [2.05, 4.69) is 131 Å². The molecular weight excluding hydrogens is 641 g/mol. The normalized spacial score (nSPS) is 16.0. The molecule has 0 spiro atoms. The Hall–Kier alpha value is -4.59. The molecule has 52 heavy (non-hydrogen) atoms. The molecule has 4 aromatic rings. The Morgan fingerprint density at radius 1 is 0.712 bits per heavy atom. The van der Waals surface area contributed by atoms with Crippen molar-refractivity contribution in [2.75, 3.05) is 34.8 Å². The molecule has 1 aliphatic carbocycles. The molecule has 0 bridgehead atoms. The molecular formula is C44H61N8+. The summed E-state index contributed by atoms with van der Waals surface area (Å²) in [5.41, 5.74) is 28.5. The number of unbranched alkanes of at least 4 members (excludes halogenated alkanes) is 5. The van der Waals surface area contributed by atoms with Gasteiger partial charge in [-0.3, -0.25) is 0 Å². The molecule has 3 aromatic carbocycles. The van der Waals surface area contributed by atoms with E-state index in [1.165, 1.54) is 48.2 Å². The molecule has 276 valence electrons. The van der Waals surface area contributed by atoms with Gasteiger partial charge in [0.2, 0.25) is 11.0 Å². The van der Waals surface area contributed by atoms with Gasteiger partial charge in [-0.1, -0.05) is 25.7 Å². The van der Waals surface area contributed by atoms with E-state index in [1.54, 1.807) is 0 Å². The number of nitrogens with two attached hydrogens (primary N) is 2. The summed E-state index contributed by atoms with van der Waals surface area (Å²) in [6.45, 7) is 23.9. The zero-order valence-electron chi connectivity index (χ0n) is 33.3. The molecule has 0 saturated heterocycles. The number of aromatic nitrogens is 2. The number of aliphatic imine (C=N–C) groups is 1. The highest BCUT2D eigenvalue weighted by atomic mass is 15.3. The van der Waals surface area contributed by atoms with Crippen LogP contribution in [0, 0.1) is 20.8 Å². The predicted octanol–water partition coefficient (Wildman–Crippen LogP) is 9.47. The van der Waals surface area contributed by atoms with Crippen LogP contribution in [0.4, 0.5) is 28.4 Å². The summed E-state index contributed by atoms with van der Waals surface area (Å²) in [5.74, 6) is 0. The van der Waals surface area contributed by atoms with Gasteiger partial charge in [-0.05, 0) is 120 Å². The highest BCUT2D eigenvalue weighted by Gasteiger charge is 2.37. The van der Waals surface area contributed by atoms with Gasteiger partial charge in [0.05, 0.1) is 23.1 Å². The summed E-state index contributed by atoms with van der Waals surface area (Å²) >= 11 is 0. The number of benzene rings is 3. The molecule has 2 aliphatic rings. The fraction of sp³-hybridized carbons (Fsp3) is 0.477. The largest absolute Gasteiger partial charge is 0.398 e. The van der Waals surface area contributed by atoms with Gasteiger partial charge in [0.1, 0.15) is 11.0 Å². The average Bonchev–Trinajstić information content (AvgIpc) is 3.04. The molecule has 1 aromatic heterocycles. The van der Waals surface area contributed by atoms with Crippen molar-refractivity contribution in [2.45, 2.75) is 125 Å². The summed E-state index contributed by atoms with van der Waals surface area (Å²) < 4.78 is 2.39. The zero-order chi connectivity index (χ0) is 37.5. The second-order valence-electron chi connectivity index (χ2n) is 17.1. The number of hydrogen-bond acceptors (Lipinski definition) is 7. The zero-order valence-corrected chi connectivity index (χ0v) is 33.3. The number of aryl methyl sites for hydroxylation is 3. The van der Waals surface area contributed by atoms with Crippen LogP contribution in [-0.2, 0) is 5.54 Å². The van der Waals surface area contributed by atoms with Crippen LogP contribution in [-0.4, -0.2) is 35.4 Å². The molecule has 0 amide bonds. The van der Waals surface area contributed by atoms with Crippen molar-refractivity contribution < 1.29 is 4.57 Å². The van der Waals surface area contributed by atoms with Gasteiger partial charge in [0.15, 0.2) is 5.54 Å². The standard InChI is InChI=1S/C44H60N8/c1-27-19-35-39(23-31(27)45)51(43(5,6)7)41-25-33(29(3)21-37(41)49-35)47-17-15-13-11-12-14-16-18-48-34-26-42-38(22-30(34)4)50-36-20-28(2)32(46)24-40(36)52(42)44(8,9)10/h19-26,41,47H,11-18,45H2,1-10H3,(H2,46,48)/p+1. The van der Waals surface area contributed by atoms with E-state index in [0.717, 1.165) is 87.6 Å². The lowest BCUT2D eigenvalue weighted by molar-refractivity contribution is -0.707. The SMILES string of the molecule is CC1=CC2=Nc3cc(C)c(N)cc3N(C(C)(C)C)C2C=C1NCCCCCCCCNc1cc2c(cc1C)nc1cc(C)c(N)cc1[n+]2C(C)(C)C. The molecule has 8 nitrogen and oxygen atoms in total. The summed E-state index contributed by atoms with van der Waals surface area (Å²) in [6, 6.07) is 13.0. The molecule has 0 saturated carbocycles. The average molecular weight is 702 g/mol. The second kappa shape index (κ2) is 14.4. The van der Waals surface area contributed by atoms with E-state index >= 15 is 0 Å². The lowest BCUT2D eigenvalue weighted by Gasteiger charge is -2.46. The van der Waals surface area contributed by atoms with Gasteiger partial charge in [-0.25, -0.2) is 9.98 Å². The van der Waals surface area contributed by atoms with Crippen LogP contribution in [0.2, 0.25) is 0 Å². The fourth-order valence-electron chi connectivity index (χ4n) is 7.80. The number of fused-ring (bicyclic) bond motifs is 4. The van der Waals surface area contributed by atoms with Crippen LogP contribution in [0.25, 0.3) is 22.1 Å². The minimum absolute atomic E-state index is 0.0763. The van der Waals surface area contributed by atoms with Gasteiger partial charge in [-0.2, -0.15) is 4.57 Å². The Bertz CT molecular complexity index is 2090. The van der Waals surface area contributed by atoms with Gasteiger partial charge >= 0.3 is 0 Å². The number of hydrogen-bond donors (Lipinski definition) is 4. The van der Waals surface area contributed by atoms with Crippen LogP contribution < -0.4 is 31.6 Å². The molecule has 1 aliphatic heterocycles. The predicted molar refractivity (Wildman–Crippen MR) is 223 cm³/mol. The first-order valence-corrected chi connectivity index (χ1v) is 19.3. The summed E-state index contributed by atoms with van der Waals surface area (Å²) in [5, 5.41) is 7.50. The Kier molecular flexibility index (Phi) is 10.3. The maximum Gasteiger partial charge on any atom is 0.234 e. The molecule has 0 radical (unpaired) electrons. The third kappa shape index (κ3) is 7.62. The topological polar surface area (TPSA) is 108 Å². The van der Waals surface area contributed by atoms with Crippen molar-refractivity contribution in [3.8, 4) is 0 Å². The number of allylic oxidation sites excluding steroid dienone is 1. The van der Waals surface area contributed by atoms with Crippen LogP contribution in [0.1, 0.15) is 104 Å². The highest BCUT2D eigenvalue weighted by Crippen LogP contribution is 2.43. The smallest absolute Gasteiger partial charge is 0.234 e. The van der Waals surface area contributed by atoms with Crippen molar-refractivity contribution in [2.24, 2.45) is 4.99 Å². The van der Waals surface area contributed by atoms with Crippen molar-refractivity contribution >= 4 is 56.2 Å². The quantitative estimate of drug-likeness (QED) is 0.0537. The van der Waals surface area contributed by atoms with Gasteiger partial charge in [0, 0.05) is 74.3 Å². The molecule has 1 unspecified atom stereocenters. The third-order valence-corrected chi connectivity index (χ3v) is 10.6.